The summed E-state index contributed by atoms with van der Waals surface area (Å²) < 4.78 is 14.4. The van der Waals surface area contributed by atoms with E-state index in [1.807, 2.05) is 32.2 Å². The van der Waals surface area contributed by atoms with Gasteiger partial charge in [-0.25, -0.2) is 4.39 Å². The van der Waals surface area contributed by atoms with Gasteiger partial charge in [-0.15, -0.1) is 0 Å². The summed E-state index contributed by atoms with van der Waals surface area (Å²) in [4.78, 5) is 3.13. The Morgan fingerprint density at radius 2 is 1.93 bits per heavy atom. The van der Waals surface area contributed by atoms with Gasteiger partial charge in [0.15, 0.2) is 0 Å². The number of aromatic amines is 1. The molecule has 1 atom stereocenters. The Morgan fingerprint density at radius 3 is 2.70 bits per heavy atom. The van der Waals surface area contributed by atoms with E-state index in [1.165, 1.54) is 29.5 Å². The molecule has 2 nitrogen and oxygen atoms in total. The molecule has 142 valence electrons. The van der Waals surface area contributed by atoms with Crippen LogP contribution in [0.3, 0.4) is 0 Å². The average molecular weight is 365 g/mol. The van der Waals surface area contributed by atoms with Crippen molar-refractivity contribution in [2.45, 2.75) is 52.4 Å². The Hall–Kier alpha value is -2.55. The second kappa shape index (κ2) is 8.43. The number of rotatable bonds is 5. The summed E-state index contributed by atoms with van der Waals surface area (Å²) in [5.74, 6) is -0.0818. The lowest BCUT2D eigenvalue weighted by molar-refractivity contribution is 0.632. The molecule has 1 aliphatic carbocycles. The fourth-order valence-electron chi connectivity index (χ4n) is 3.92. The zero-order valence-corrected chi connectivity index (χ0v) is 16.5. The monoisotopic (exact) mass is 364 g/mol. The number of aromatic nitrogens is 1. The minimum absolute atomic E-state index is 0.171. The van der Waals surface area contributed by atoms with Crippen LogP contribution in [0.4, 0.5) is 10.1 Å². The van der Waals surface area contributed by atoms with Crippen molar-refractivity contribution in [3.63, 3.8) is 0 Å². The lowest BCUT2D eigenvalue weighted by Gasteiger charge is -2.21. The molecule has 1 unspecified atom stereocenters. The predicted octanol–water partition coefficient (Wildman–Crippen LogP) is 6.94. The van der Waals surface area contributed by atoms with Crippen LogP contribution in [0.25, 0.3) is 10.9 Å². The van der Waals surface area contributed by atoms with Gasteiger partial charge in [-0.05, 0) is 60.6 Å². The average Bonchev–Trinajstić information content (AvgIpc) is 3.32. The van der Waals surface area contributed by atoms with Crippen molar-refractivity contribution < 1.29 is 4.39 Å². The standard InChI is InChI=1S/C22H23FN2.C2H6/c1-3-19(17-8-7-15-5-4-6-16(15)11-17)14(2)25-22-13-21-18(9-10-24-21)12-20(22)23;1-2/h7-13,19,24-25H,2-6H2,1H3;1-2H3. The smallest absolute Gasteiger partial charge is 0.147 e. The van der Waals surface area contributed by atoms with Crippen LogP contribution in [0.1, 0.15) is 56.2 Å². The van der Waals surface area contributed by atoms with E-state index in [4.69, 9.17) is 0 Å². The number of H-pyrrole nitrogens is 1. The minimum Gasteiger partial charge on any atom is -0.361 e. The molecule has 0 amide bonds. The van der Waals surface area contributed by atoms with Gasteiger partial charge in [0.2, 0.25) is 0 Å². The summed E-state index contributed by atoms with van der Waals surface area (Å²) >= 11 is 0. The third kappa shape index (κ3) is 3.92. The lowest BCUT2D eigenvalue weighted by Crippen LogP contribution is -2.10. The van der Waals surface area contributed by atoms with E-state index in [0.717, 1.165) is 29.4 Å². The fraction of sp³-hybridized carbons (Fsp3) is 0.333. The Bertz CT molecular complexity index is 939. The van der Waals surface area contributed by atoms with Gasteiger partial charge in [-0.1, -0.05) is 45.5 Å². The van der Waals surface area contributed by atoms with Gasteiger partial charge < -0.3 is 10.3 Å². The Kier molecular flexibility index (Phi) is 6.00. The van der Waals surface area contributed by atoms with Crippen molar-refractivity contribution in [2.24, 2.45) is 0 Å². The molecule has 0 saturated heterocycles. The van der Waals surface area contributed by atoms with Crippen molar-refractivity contribution in [2.75, 3.05) is 5.32 Å². The van der Waals surface area contributed by atoms with Crippen LogP contribution < -0.4 is 5.32 Å². The van der Waals surface area contributed by atoms with E-state index in [0.29, 0.717) is 5.69 Å². The van der Waals surface area contributed by atoms with Crippen LogP contribution in [-0.2, 0) is 12.8 Å². The highest BCUT2D eigenvalue weighted by Gasteiger charge is 2.18. The molecule has 0 radical (unpaired) electrons. The molecule has 3 aromatic rings. The molecule has 1 aromatic heterocycles. The van der Waals surface area contributed by atoms with Crippen LogP contribution in [0, 0.1) is 5.82 Å². The summed E-state index contributed by atoms with van der Waals surface area (Å²) in [6.45, 7) is 10.4. The molecule has 4 rings (SSSR count). The lowest BCUT2D eigenvalue weighted by atomic mass is 9.91. The summed E-state index contributed by atoms with van der Waals surface area (Å²) in [6.07, 6.45) is 6.35. The van der Waals surface area contributed by atoms with Crippen LogP contribution in [-0.4, -0.2) is 4.98 Å². The summed E-state index contributed by atoms with van der Waals surface area (Å²) in [7, 11) is 0. The van der Waals surface area contributed by atoms with Gasteiger partial charge in [0.05, 0.1) is 5.69 Å². The number of allylic oxidation sites excluding steroid dienone is 1. The highest BCUT2D eigenvalue weighted by atomic mass is 19.1. The summed E-state index contributed by atoms with van der Waals surface area (Å²) in [5.41, 5.74) is 6.43. The first kappa shape index (κ1) is 19.2. The van der Waals surface area contributed by atoms with Crippen molar-refractivity contribution in [1.29, 1.82) is 0 Å². The van der Waals surface area contributed by atoms with Gasteiger partial charge in [0.1, 0.15) is 5.82 Å². The van der Waals surface area contributed by atoms with Gasteiger partial charge in [-0.3, -0.25) is 0 Å². The van der Waals surface area contributed by atoms with E-state index >= 15 is 0 Å². The number of benzene rings is 2. The van der Waals surface area contributed by atoms with E-state index in [-0.39, 0.29) is 11.7 Å². The number of fused-ring (bicyclic) bond motifs is 2. The van der Waals surface area contributed by atoms with Crippen molar-refractivity contribution >= 4 is 16.6 Å². The van der Waals surface area contributed by atoms with Crippen molar-refractivity contribution in [1.82, 2.24) is 4.98 Å². The van der Waals surface area contributed by atoms with Gasteiger partial charge in [0, 0.05) is 28.7 Å². The van der Waals surface area contributed by atoms with E-state index in [9.17, 15) is 4.39 Å². The maximum absolute atomic E-state index is 14.4. The maximum Gasteiger partial charge on any atom is 0.147 e. The minimum atomic E-state index is -0.253. The number of halogens is 1. The summed E-state index contributed by atoms with van der Waals surface area (Å²) in [6, 6.07) is 12.0. The Labute approximate surface area is 161 Å². The third-order valence-electron chi connectivity index (χ3n) is 5.29. The molecule has 1 aliphatic rings. The Balaban J connectivity index is 0.00000102. The molecule has 3 heteroatoms. The fourth-order valence-corrected chi connectivity index (χ4v) is 3.92. The number of hydrogen-bond acceptors (Lipinski definition) is 1. The van der Waals surface area contributed by atoms with Crippen molar-refractivity contribution in [3.8, 4) is 0 Å². The molecule has 0 fully saturated rings. The van der Waals surface area contributed by atoms with Crippen LogP contribution in [0.5, 0.6) is 0 Å². The SMILES string of the molecule is C=C(Nc1cc2[nH]ccc2cc1F)C(CC)c1ccc2c(c1)CCC2.CC. The van der Waals surface area contributed by atoms with Crippen molar-refractivity contribution in [3.05, 3.63) is 77.4 Å². The van der Waals surface area contributed by atoms with Crippen LogP contribution >= 0.6 is 0 Å². The molecule has 27 heavy (non-hydrogen) atoms. The zero-order valence-electron chi connectivity index (χ0n) is 16.5. The second-order valence-corrected chi connectivity index (χ2v) is 6.89. The zero-order chi connectivity index (χ0) is 19.4. The maximum atomic E-state index is 14.4. The number of hydrogen-bond donors (Lipinski definition) is 2. The van der Waals surface area contributed by atoms with E-state index < -0.39 is 0 Å². The highest BCUT2D eigenvalue weighted by molar-refractivity contribution is 5.83. The second-order valence-electron chi connectivity index (χ2n) is 6.89. The first-order chi connectivity index (χ1) is 13.2. The number of aryl methyl sites for hydroxylation is 2. The number of nitrogens with one attached hydrogen (secondary N) is 2. The molecular formula is C24H29FN2. The molecule has 0 aliphatic heterocycles. The van der Waals surface area contributed by atoms with Gasteiger partial charge in [-0.2, -0.15) is 0 Å². The summed E-state index contributed by atoms with van der Waals surface area (Å²) in [5, 5.41) is 4.09. The molecule has 1 heterocycles. The predicted molar refractivity (Wildman–Crippen MR) is 114 cm³/mol. The normalized spacial score (nSPS) is 13.6. The number of anilines is 1. The van der Waals surface area contributed by atoms with Crippen LogP contribution in [0.15, 0.2) is 54.9 Å². The molecular weight excluding hydrogens is 335 g/mol. The van der Waals surface area contributed by atoms with Gasteiger partial charge in [0.25, 0.3) is 0 Å². The molecule has 0 saturated carbocycles. The largest absolute Gasteiger partial charge is 0.361 e. The molecule has 2 aromatic carbocycles. The Morgan fingerprint density at radius 1 is 1.15 bits per heavy atom. The van der Waals surface area contributed by atoms with Crippen LogP contribution in [0.2, 0.25) is 0 Å². The van der Waals surface area contributed by atoms with E-state index in [2.05, 4.69) is 42.0 Å². The highest BCUT2D eigenvalue weighted by Crippen LogP contribution is 2.33. The third-order valence-corrected chi connectivity index (χ3v) is 5.29. The molecule has 0 bridgehead atoms. The molecule has 0 spiro atoms. The first-order valence-electron chi connectivity index (χ1n) is 10.00. The van der Waals surface area contributed by atoms with Gasteiger partial charge >= 0.3 is 0 Å². The van der Waals surface area contributed by atoms with E-state index in [1.54, 1.807) is 6.07 Å². The quantitative estimate of drug-likeness (QED) is 0.504. The topological polar surface area (TPSA) is 27.8 Å². The first-order valence-corrected chi connectivity index (χ1v) is 10.00. The molecule has 2 N–H and O–H groups in total.